The van der Waals surface area contributed by atoms with Crippen molar-refractivity contribution in [2.75, 3.05) is 0 Å². The average Bonchev–Trinajstić information content (AvgIpc) is 2.62. The van der Waals surface area contributed by atoms with Gasteiger partial charge in [0.05, 0.1) is 0 Å². The highest BCUT2D eigenvalue weighted by Crippen LogP contribution is 2.44. The van der Waals surface area contributed by atoms with Crippen LogP contribution in [0.3, 0.4) is 0 Å². The molecule has 1 N–H and O–H groups in total. The molecule has 1 aromatic rings. The molecule has 0 spiro atoms. The zero-order valence-corrected chi connectivity index (χ0v) is 12.5. The molecular weight excluding hydrogens is 326 g/mol. The van der Waals surface area contributed by atoms with Crippen LogP contribution in [0.15, 0.2) is 48.2 Å². The molecule has 1 aromatic carbocycles. The molecule has 0 bridgehead atoms. The van der Waals surface area contributed by atoms with Crippen LogP contribution in [-0.4, -0.2) is 10.2 Å². The van der Waals surface area contributed by atoms with Crippen molar-refractivity contribution in [3.8, 4) is 0 Å². The Morgan fingerprint density at radius 3 is 3.11 bits per heavy atom. The normalized spacial score (nSPS) is 28.8. The van der Waals surface area contributed by atoms with Gasteiger partial charge in [0.1, 0.15) is 4.32 Å². The summed E-state index contributed by atoms with van der Waals surface area (Å²) >= 11 is 9.70. The molecule has 1 heterocycles. The third-order valence-corrected chi connectivity index (χ3v) is 5.13. The van der Waals surface area contributed by atoms with Crippen LogP contribution >= 0.6 is 27.5 Å². The van der Waals surface area contributed by atoms with Crippen LogP contribution in [0.4, 0.5) is 0 Å². The van der Waals surface area contributed by atoms with Crippen LogP contribution in [-0.2, 0) is 11.2 Å². The number of rotatable bonds is 2. The number of halogens is 2. The van der Waals surface area contributed by atoms with Gasteiger partial charge in [0.25, 0.3) is 0 Å². The lowest BCUT2D eigenvalue weighted by molar-refractivity contribution is -0.121. The quantitative estimate of drug-likeness (QED) is 0.820. The molecule has 3 rings (SSSR count). The first kappa shape index (κ1) is 12.9. The van der Waals surface area contributed by atoms with E-state index in [4.69, 9.17) is 11.6 Å². The molecule has 2 nitrogen and oxygen atoms in total. The second kappa shape index (κ2) is 4.80. The van der Waals surface area contributed by atoms with E-state index in [1.165, 1.54) is 0 Å². The molecule has 0 saturated carbocycles. The molecule has 1 aliphatic carbocycles. The van der Waals surface area contributed by atoms with Gasteiger partial charge >= 0.3 is 0 Å². The van der Waals surface area contributed by atoms with Crippen molar-refractivity contribution in [1.82, 2.24) is 5.32 Å². The van der Waals surface area contributed by atoms with E-state index in [1.54, 1.807) is 0 Å². The van der Waals surface area contributed by atoms with Gasteiger partial charge in [0, 0.05) is 16.6 Å². The van der Waals surface area contributed by atoms with Crippen LogP contribution in [0.1, 0.15) is 12.0 Å². The van der Waals surface area contributed by atoms with Crippen LogP contribution < -0.4 is 5.32 Å². The maximum atomic E-state index is 12.3. The fourth-order valence-electron chi connectivity index (χ4n) is 2.73. The highest BCUT2D eigenvalue weighted by atomic mass is 79.9. The molecule has 98 valence electrons. The Morgan fingerprint density at radius 2 is 2.32 bits per heavy atom. The first-order valence-electron chi connectivity index (χ1n) is 6.21. The predicted molar refractivity (Wildman–Crippen MR) is 80.3 cm³/mol. The SMILES string of the molecule is O=C1NC2=CC=CCC2C1(Br)Cc1cccc(Cl)c1. The van der Waals surface area contributed by atoms with Gasteiger partial charge in [-0.15, -0.1) is 0 Å². The number of fused-ring (bicyclic) bond motifs is 1. The van der Waals surface area contributed by atoms with Gasteiger partial charge in [0.2, 0.25) is 5.91 Å². The van der Waals surface area contributed by atoms with Crippen LogP contribution in [0.25, 0.3) is 0 Å². The maximum absolute atomic E-state index is 12.3. The molecule has 0 radical (unpaired) electrons. The number of alkyl halides is 1. The number of carbonyl (C=O) groups excluding carboxylic acids is 1. The largest absolute Gasteiger partial charge is 0.328 e. The summed E-state index contributed by atoms with van der Waals surface area (Å²) in [7, 11) is 0. The second-order valence-electron chi connectivity index (χ2n) is 4.96. The van der Waals surface area contributed by atoms with Gasteiger partial charge in [-0.3, -0.25) is 4.79 Å². The molecule has 2 atom stereocenters. The Balaban J connectivity index is 1.92. The van der Waals surface area contributed by atoms with Gasteiger partial charge < -0.3 is 5.32 Å². The van der Waals surface area contributed by atoms with E-state index >= 15 is 0 Å². The van der Waals surface area contributed by atoms with Gasteiger partial charge in [-0.2, -0.15) is 0 Å². The zero-order valence-electron chi connectivity index (χ0n) is 10.2. The summed E-state index contributed by atoms with van der Waals surface area (Å²) in [4.78, 5) is 12.3. The van der Waals surface area contributed by atoms with E-state index in [1.807, 2.05) is 36.4 Å². The Morgan fingerprint density at radius 1 is 1.47 bits per heavy atom. The van der Waals surface area contributed by atoms with E-state index in [0.29, 0.717) is 11.4 Å². The van der Waals surface area contributed by atoms with Crippen molar-refractivity contribution in [3.05, 3.63) is 58.8 Å². The first-order valence-corrected chi connectivity index (χ1v) is 7.38. The standard InChI is InChI=1S/C15H13BrClNO/c16-15(9-10-4-3-5-11(17)8-10)12-6-1-2-7-13(12)18-14(15)19/h1-5,7-8,12H,6,9H2,(H,18,19). The molecule has 1 amide bonds. The summed E-state index contributed by atoms with van der Waals surface area (Å²) in [6.45, 7) is 0. The van der Waals surface area contributed by atoms with Gasteiger partial charge in [-0.05, 0) is 36.6 Å². The molecule has 1 aliphatic heterocycles. The fraction of sp³-hybridized carbons (Fsp3) is 0.267. The lowest BCUT2D eigenvalue weighted by Gasteiger charge is -2.27. The van der Waals surface area contributed by atoms with Gasteiger partial charge in [0.15, 0.2) is 0 Å². The van der Waals surface area contributed by atoms with Crippen LogP contribution in [0, 0.1) is 5.92 Å². The number of hydrogen-bond donors (Lipinski definition) is 1. The molecule has 19 heavy (non-hydrogen) atoms. The predicted octanol–water partition coefficient (Wildman–Crippen LogP) is 3.61. The Kier molecular flexibility index (Phi) is 3.27. The third kappa shape index (κ3) is 2.26. The summed E-state index contributed by atoms with van der Waals surface area (Å²) in [6, 6.07) is 7.68. The molecule has 4 heteroatoms. The Labute approximate surface area is 125 Å². The lowest BCUT2D eigenvalue weighted by atomic mass is 9.83. The smallest absolute Gasteiger partial charge is 0.242 e. The van der Waals surface area contributed by atoms with E-state index < -0.39 is 4.32 Å². The van der Waals surface area contributed by atoms with Crippen LogP contribution in [0.2, 0.25) is 5.02 Å². The Bertz CT molecular complexity index is 596. The maximum Gasteiger partial charge on any atom is 0.242 e. The number of hydrogen-bond acceptors (Lipinski definition) is 1. The number of allylic oxidation sites excluding steroid dienone is 4. The summed E-state index contributed by atoms with van der Waals surface area (Å²) in [6.07, 6.45) is 7.57. The third-order valence-electron chi connectivity index (χ3n) is 3.70. The number of carbonyl (C=O) groups is 1. The first-order chi connectivity index (χ1) is 9.09. The van der Waals surface area contributed by atoms with E-state index in [-0.39, 0.29) is 11.8 Å². The molecular formula is C15H13BrClNO. The zero-order chi connectivity index (χ0) is 13.5. The van der Waals surface area contributed by atoms with Crippen molar-refractivity contribution < 1.29 is 4.79 Å². The Hall–Kier alpha value is -1.06. The number of nitrogens with one attached hydrogen (secondary N) is 1. The minimum Gasteiger partial charge on any atom is -0.328 e. The monoisotopic (exact) mass is 337 g/mol. The molecule has 1 fully saturated rings. The van der Waals surface area contributed by atoms with Gasteiger partial charge in [-0.25, -0.2) is 0 Å². The summed E-state index contributed by atoms with van der Waals surface area (Å²) in [5, 5.41) is 3.67. The minimum absolute atomic E-state index is 0.0347. The van der Waals surface area contributed by atoms with Crippen molar-refractivity contribution in [3.63, 3.8) is 0 Å². The van der Waals surface area contributed by atoms with Crippen LogP contribution in [0.5, 0.6) is 0 Å². The van der Waals surface area contributed by atoms with E-state index in [9.17, 15) is 4.79 Å². The topological polar surface area (TPSA) is 29.1 Å². The van der Waals surface area contributed by atoms with E-state index in [0.717, 1.165) is 17.7 Å². The minimum atomic E-state index is -0.575. The van der Waals surface area contributed by atoms with Crippen molar-refractivity contribution in [2.45, 2.75) is 17.2 Å². The van der Waals surface area contributed by atoms with E-state index in [2.05, 4.69) is 27.3 Å². The number of benzene rings is 1. The van der Waals surface area contributed by atoms with Crippen molar-refractivity contribution in [2.24, 2.45) is 5.92 Å². The summed E-state index contributed by atoms with van der Waals surface area (Å²) in [5.41, 5.74) is 2.07. The fourth-order valence-corrected chi connectivity index (χ4v) is 3.80. The highest BCUT2D eigenvalue weighted by Gasteiger charge is 2.50. The van der Waals surface area contributed by atoms with Crippen molar-refractivity contribution in [1.29, 1.82) is 0 Å². The lowest BCUT2D eigenvalue weighted by Crippen LogP contribution is -2.38. The average molecular weight is 339 g/mol. The molecule has 1 saturated heterocycles. The number of amides is 1. The summed E-state index contributed by atoms with van der Waals surface area (Å²) < 4.78 is -0.575. The highest BCUT2D eigenvalue weighted by molar-refractivity contribution is 9.10. The molecule has 2 aliphatic rings. The summed E-state index contributed by atoms with van der Waals surface area (Å²) in [5.74, 6) is 0.205. The second-order valence-corrected chi connectivity index (χ2v) is 6.81. The molecule has 2 unspecified atom stereocenters. The molecule has 0 aromatic heterocycles. The van der Waals surface area contributed by atoms with Gasteiger partial charge in [-0.1, -0.05) is 51.8 Å². The van der Waals surface area contributed by atoms with Crippen molar-refractivity contribution >= 4 is 33.4 Å².